The summed E-state index contributed by atoms with van der Waals surface area (Å²) in [5.74, 6) is -0.433. The molecule has 0 amide bonds. The summed E-state index contributed by atoms with van der Waals surface area (Å²) in [5.41, 5.74) is 2.40. The lowest BCUT2D eigenvalue weighted by atomic mass is 10.1. The maximum atomic E-state index is 11.8. The Bertz CT molecular complexity index is 1160. The third-order valence-corrected chi connectivity index (χ3v) is 4.79. The normalized spacial score (nSPS) is 11.2. The molecule has 2 N–H and O–H groups in total. The van der Waals surface area contributed by atoms with Crippen LogP contribution in [0.15, 0.2) is 133 Å². The van der Waals surface area contributed by atoms with Crippen molar-refractivity contribution < 1.29 is 19.8 Å². The molecule has 0 saturated heterocycles. The summed E-state index contributed by atoms with van der Waals surface area (Å²) < 4.78 is 0. The second-order valence-electron chi connectivity index (χ2n) is 7.25. The quantitative estimate of drug-likeness (QED) is 0.190. The van der Waals surface area contributed by atoms with Crippen LogP contribution in [0.1, 0.15) is 31.8 Å². The first-order valence-corrected chi connectivity index (χ1v) is 10.7. The lowest BCUT2D eigenvalue weighted by Gasteiger charge is -1.99. The molecular weight excluding hydrogens is 424 g/mol. The van der Waals surface area contributed by atoms with Crippen molar-refractivity contribution in [1.29, 1.82) is 0 Å². The molecule has 0 bridgehead atoms. The van der Waals surface area contributed by atoms with Crippen molar-refractivity contribution in [1.82, 2.24) is 0 Å². The van der Waals surface area contributed by atoms with Gasteiger partial charge in [0.15, 0.2) is 11.6 Å². The Hall–Kier alpha value is -4.70. The third-order valence-electron chi connectivity index (χ3n) is 4.79. The fourth-order valence-electron chi connectivity index (χ4n) is 3.00. The van der Waals surface area contributed by atoms with Gasteiger partial charge in [-0.2, -0.15) is 0 Å². The van der Waals surface area contributed by atoms with Gasteiger partial charge >= 0.3 is 0 Å². The number of hydrogen-bond donors (Lipinski definition) is 2. The number of hydrogen-bond acceptors (Lipinski definition) is 4. The average molecular weight is 449 g/mol. The fourth-order valence-corrected chi connectivity index (χ4v) is 3.00. The highest BCUT2D eigenvalue weighted by Crippen LogP contribution is 2.13. The predicted octanol–water partition coefficient (Wildman–Crippen LogP) is 6.94. The number of aliphatic hydroxyl groups is 2. The molecule has 34 heavy (non-hydrogen) atoms. The molecule has 0 aliphatic rings. The van der Waals surface area contributed by atoms with E-state index in [-0.39, 0.29) is 23.1 Å². The zero-order valence-corrected chi connectivity index (χ0v) is 18.4. The molecule has 4 rings (SSSR count). The van der Waals surface area contributed by atoms with E-state index < -0.39 is 0 Å². The molecular formula is C30H24O4. The second kappa shape index (κ2) is 12.4. The first kappa shape index (κ1) is 24.0. The molecule has 0 unspecified atom stereocenters. The van der Waals surface area contributed by atoms with Gasteiger partial charge in [0.05, 0.1) is 0 Å². The Morgan fingerprint density at radius 2 is 0.647 bits per heavy atom. The summed E-state index contributed by atoms with van der Waals surface area (Å²) in [6, 6.07) is 35.7. The summed E-state index contributed by atoms with van der Waals surface area (Å²) in [6.45, 7) is 0. The standard InChI is InChI=1S/2C15H12O2/c2*16-14(12-7-3-1-4-8-12)11-15(17)13-9-5-2-6-10-13/h2*1-11,16H. The summed E-state index contributed by atoms with van der Waals surface area (Å²) in [7, 11) is 0. The molecule has 0 aliphatic carbocycles. The maximum absolute atomic E-state index is 11.8. The number of aliphatic hydroxyl groups excluding tert-OH is 2. The van der Waals surface area contributed by atoms with Crippen LogP contribution in [0.25, 0.3) is 11.5 Å². The van der Waals surface area contributed by atoms with Crippen LogP contribution < -0.4 is 0 Å². The van der Waals surface area contributed by atoms with Gasteiger partial charge in [-0.25, -0.2) is 0 Å². The molecule has 4 aromatic carbocycles. The Labute approximate surface area is 198 Å². The van der Waals surface area contributed by atoms with E-state index >= 15 is 0 Å². The van der Waals surface area contributed by atoms with Crippen LogP contribution >= 0.6 is 0 Å². The highest BCUT2D eigenvalue weighted by Gasteiger charge is 2.05. The van der Waals surface area contributed by atoms with E-state index in [9.17, 15) is 19.8 Å². The van der Waals surface area contributed by atoms with E-state index in [1.807, 2.05) is 48.5 Å². The highest BCUT2D eigenvalue weighted by atomic mass is 16.3. The monoisotopic (exact) mass is 448 g/mol. The minimum atomic E-state index is -0.202. The highest BCUT2D eigenvalue weighted by molar-refractivity contribution is 6.08. The van der Waals surface area contributed by atoms with Gasteiger partial charge in [-0.1, -0.05) is 121 Å². The Morgan fingerprint density at radius 3 is 0.912 bits per heavy atom. The summed E-state index contributed by atoms with van der Waals surface area (Å²) in [5, 5.41) is 19.6. The number of carbonyl (C=O) groups excluding carboxylic acids is 2. The summed E-state index contributed by atoms with van der Waals surface area (Å²) in [6.07, 6.45) is 2.48. The van der Waals surface area contributed by atoms with Crippen LogP contribution in [0.4, 0.5) is 0 Å². The lowest BCUT2D eigenvalue weighted by molar-refractivity contribution is 0.103. The SMILES string of the molecule is O=C(C=C(O)c1ccccc1)c1ccccc1.O=C(C=C(O)c1ccccc1)c1ccccc1. The first-order valence-electron chi connectivity index (χ1n) is 10.7. The molecule has 4 aromatic rings. The molecule has 0 saturated carbocycles. The largest absolute Gasteiger partial charge is 0.507 e. The molecule has 0 heterocycles. The van der Waals surface area contributed by atoms with Crippen LogP contribution in [0.3, 0.4) is 0 Å². The topological polar surface area (TPSA) is 74.6 Å². The van der Waals surface area contributed by atoms with E-state index in [4.69, 9.17) is 0 Å². The lowest BCUT2D eigenvalue weighted by Crippen LogP contribution is -1.95. The van der Waals surface area contributed by atoms with E-state index in [0.717, 1.165) is 0 Å². The smallest absolute Gasteiger partial charge is 0.189 e. The molecule has 0 radical (unpaired) electrons. The van der Waals surface area contributed by atoms with E-state index in [1.54, 1.807) is 72.8 Å². The van der Waals surface area contributed by atoms with Crippen molar-refractivity contribution >= 4 is 23.1 Å². The van der Waals surface area contributed by atoms with Crippen LogP contribution in [0, 0.1) is 0 Å². The van der Waals surface area contributed by atoms with Crippen LogP contribution in [0.5, 0.6) is 0 Å². The van der Waals surface area contributed by atoms with Gasteiger partial charge in [-0.05, 0) is 0 Å². The van der Waals surface area contributed by atoms with Gasteiger partial charge in [0, 0.05) is 34.4 Å². The van der Waals surface area contributed by atoms with Crippen molar-refractivity contribution in [2.24, 2.45) is 0 Å². The van der Waals surface area contributed by atoms with Crippen LogP contribution in [-0.2, 0) is 0 Å². The van der Waals surface area contributed by atoms with Gasteiger partial charge in [-0.3, -0.25) is 9.59 Å². The number of rotatable bonds is 6. The zero-order valence-electron chi connectivity index (χ0n) is 18.4. The van der Waals surface area contributed by atoms with Crippen molar-refractivity contribution in [3.05, 3.63) is 156 Å². The van der Waals surface area contributed by atoms with Crippen LogP contribution in [-0.4, -0.2) is 21.8 Å². The van der Waals surface area contributed by atoms with Crippen molar-refractivity contribution in [3.63, 3.8) is 0 Å². The molecule has 0 spiro atoms. The number of benzene rings is 4. The molecule has 0 atom stereocenters. The number of ketones is 2. The fraction of sp³-hybridized carbons (Fsp3) is 0. The second-order valence-corrected chi connectivity index (χ2v) is 7.25. The van der Waals surface area contributed by atoms with Crippen molar-refractivity contribution in [2.45, 2.75) is 0 Å². The Kier molecular flexibility index (Phi) is 8.71. The summed E-state index contributed by atoms with van der Waals surface area (Å²) in [4.78, 5) is 23.6. The maximum Gasteiger partial charge on any atom is 0.189 e. The molecule has 0 fully saturated rings. The number of allylic oxidation sites excluding steroid dienone is 2. The van der Waals surface area contributed by atoms with Crippen molar-refractivity contribution in [3.8, 4) is 0 Å². The van der Waals surface area contributed by atoms with Crippen LogP contribution in [0.2, 0.25) is 0 Å². The van der Waals surface area contributed by atoms with Gasteiger partial charge in [-0.15, -0.1) is 0 Å². The van der Waals surface area contributed by atoms with Gasteiger partial charge in [0.25, 0.3) is 0 Å². The average Bonchev–Trinajstić information content (AvgIpc) is 2.91. The molecule has 168 valence electrons. The molecule has 0 aromatic heterocycles. The molecule has 0 aliphatic heterocycles. The predicted molar refractivity (Wildman–Crippen MR) is 136 cm³/mol. The summed E-state index contributed by atoms with van der Waals surface area (Å²) >= 11 is 0. The first-order chi connectivity index (χ1) is 16.5. The number of carbonyl (C=O) groups is 2. The molecule has 4 heteroatoms. The minimum Gasteiger partial charge on any atom is -0.507 e. The van der Waals surface area contributed by atoms with Gasteiger partial charge in [0.1, 0.15) is 11.5 Å². The Balaban J connectivity index is 0.000000191. The Morgan fingerprint density at radius 1 is 0.412 bits per heavy atom. The van der Waals surface area contributed by atoms with Gasteiger partial charge in [0.2, 0.25) is 0 Å². The minimum absolute atomic E-state index is 0.0144. The zero-order chi connectivity index (χ0) is 24.2. The van der Waals surface area contributed by atoms with Gasteiger partial charge < -0.3 is 10.2 Å². The van der Waals surface area contributed by atoms with E-state index in [2.05, 4.69) is 0 Å². The van der Waals surface area contributed by atoms with E-state index in [1.165, 1.54) is 12.2 Å². The molecule has 4 nitrogen and oxygen atoms in total. The van der Waals surface area contributed by atoms with Crippen molar-refractivity contribution in [2.75, 3.05) is 0 Å². The third kappa shape index (κ3) is 7.18. The van der Waals surface area contributed by atoms with E-state index in [0.29, 0.717) is 22.3 Å².